The minimum atomic E-state index is -0.609. The Morgan fingerprint density at radius 3 is 2.55 bits per heavy atom. The fraction of sp³-hybridized carbons (Fsp3) is 0.812. The highest BCUT2D eigenvalue weighted by atomic mass is 16.3. The number of likely N-dealkylation sites (tertiary alicyclic amines) is 1. The number of hydrogen-bond donors (Lipinski definition) is 1. The van der Waals surface area contributed by atoms with Crippen molar-refractivity contribution >= 4 is 0 Å². The summed E-state index contributed by atoms with van der Waals surface area (Å²) in [6.45, 7) is 11.5. The van der Waals surface area contributed by atoms with Gasteiger partial charge in [-0.1, -0.05) is 0 Å². The molecule has 20 heavy (non-hydrogen) atoms. The summed E-state index contributed by atoms with van der Waals surface area (Å²) in [6, 6.07) is 0.644. The lowest BCUT2D eigenvalue weighted by Gasteiger charge is -2.34. The molecular weight excluding hydrogens is 250 g/mol. The highest BCUT2D eigenvalue weighted by Crippen LogP contribution is 2.28. The fourth-order valence-corrected chi connectivity index (χ4v) is 2.94. The van der Waals surface area contributed by atoms with Crippen LogP contribution < -0.4 is 0 Å². The van der Waals surface area contributed by atoms with Crippen LogP contribution in [-0.4, -0.2) is 44.3 Å². The van der Waals surface area contributed by atoms with Crippen LogP contribution in [0, 0.1) is 0 Å². The van der Waals surface area contributed by atoms with Crippen LogP contribution in [0.15, 0.2) is 12.4 Å². The Kier molecular flexibility index (Phi) is 4.86. The Balaban J connectivity index is 1.95. The molecule has 0 saturated carbocycles. The van der Waals surface area contributed by atoms with Gasteiger partial charge in [-0.2, -0.15) is 0 Å². The summed E-state index contributed by atoms with van der Waals surface area (Å²) in [5.41, 5.74) is -0.609. The molecule has 0 radical (unpaired) electrons. The zero-order valence-corrected chi connectivity index (χ0v) is 13.3. The summed E-state index contributed by atoms with van der Waals surface area (Å²) in [7, 11) is 0. The van der Waals surface area contributed by atoms with E-state index in [0.717, 1.165) is 13.0 Å². The Bertz CT molecular complexity index is 412. The van der Waals surface area contributed by atoms with Crippen LogP contribution in [0.2, 0.25) is 0 Å². The zero-order chi connectivity index (χ0) is 14.8. The van der Waals surface area contributed by atoms with Gasteiger partial charge in [0.1, 0.15) is 5.82 Å². The molecule has 0 unspecified atom stereocenters. The number of aryl methyl sites for hydroxylation is 1. The topological polar surface area (TPSA) is 41.3 Å². The average molecular weight is 279 g/mol. The molecule has 0 amide bonds. The first-order valence-electron chi connectivity index (χ1n) is 7.84. The van der Waals surface area contributed by atoms with Crippen molar-refractivity contribution in [3.8, 4) is 0 Å². The van der Waals surface area contributed by atoms with E-state index in [1.54, 1.807) is 0 Å². The molecule has 0 spiro atoms. The molecule has 1 aromatic heterocycles. The minimum Gasteiger partial charge on any atom is -0.390 e. The molecule has 1 aliphatic heterocycles. The quantitative estimate of drug-likeness (QED) is 0.901. The van der Waals surface area contributed by atoms with E-state index in [-0.39, 0.29) is 0 Å². The minimum absolute atomic E-state index is 0.571. The Morgan fingerprint density at radius 1 is 1.35 bits per heavy atom. The normalized spacial score (nSPS) is 18.9. The molecule has 0 aliphatic carbocycles. The number of aromatic nitrogens is 2. The molecule has 1 aromatic rings. The van der Waals surface area contributed by atoms with E-state index in [1.807, 2.05) is 20.0 Å². The number of nitrogens with zero attached hydrogens (tertiary/aromatic N) is 3. The lowest BCUT2D eigenvalue weighted by atomic mass is 9.95. The molecule has 1 N–H and O–H groups in total. The van der Waals surface area contributed by atoms with Gasteiger partial charge in [0, 0.05) is 30.9 Å². The Hall–Kier alpha value is -0.870. The molecule has 1 fully saturated rings. The van der Waals surface area contributed by atoms with E-state index >= 15 is 0 Å². The van der Waals surface area contributed by atoms with Gasteiger partial charge in [0.2, 0.25) is 0 Å². The third-order valence-electron chi connectivity index (χ3n) is 4.34. The van der Waals surface area contributed by atoms with E-state index in [1.165, 1.54) is 31.8 Å². The van der Waals surface area contributed by atoms with E-state index in [9.17, 15) is 5.11 Å². The maximum atomic E-state index is 9.87. The third kappa shape index (κ3) is 4.06. The Labute approximate surface area is 122 Å². The van der Waals surface area contributed by atoms with Gasteiger partial charge in [-0.15, -0.1) is 0 Å². The molecular formula is C16H29N3O. The number of hydrogen-bond acceptors (Lipinski definition) is 3. The van der Waals surface area contributed by atoms with Crippen LogP contribution in [0.1, 0.15) is 58.7 Å². The molecule has 4 heteroatoms. The summed E-state index contributed by atoms with van der Waals surface area (Å²) in [6.07, 6.45) is 7.10. The second-order valence-corrected chi connectivity index (χ2v) is 6.95. The van der Waals surface area contributed by atoms with E-state index in [0.29, 0.717) is 12.0 Å². The van der Waals surface area contributed by atoms with Crippen molar-refractivity contribution < 1.29 is 5.11 Å². The second kappa shape index (κ2) is 6.27. The van der Waals surface area contributed by atoms with E-state index in [4.69, 9.17) is 0 Å². The average Bonchev–Trinajstić information content (AvgIpc) is 2.84. The molecule has 0 atom stereocenters. The second-order valence-electron chi connectivity index (χ2n) is 6.95. The highest BCUT2D eigenvalue weighted by molar-refractivity contribution is 5.03. The van der Waals surface area contributed by atoms with Crippen molar-refractivity contribution in [2.75, 3.05) is 13.1 Å². The van der Waals surface area contributed by atoms with E-state index in [2.05, 4.69) is 34.5 Å². The van der Waals surface area contributed by atoms with Crippen molar-refractivity contribution in [3.05, 3.63) is 18.2 Å². The Morgan fingerprint density at radius 2 is 2.00 bits per heavy atom. The molecule has 1 aliphatic rings. The lowest BCUT2D eigenvalue weighted by molar-refractivity contribution is 0.0656. The van der Waals surface area contributed by atoms with Crippen LogP contribution in [-0.2, 0) is 6.54 Å². The van der Waals surface area contributed by atoms with E-state index < -0.39 is 5.60 Å². The summed E-state index contributed by atoms with van der Waals surface area (Å²) >= 11 is 0. The smallest absolute Gasteiger partial charge is 0.111 e. The van der Waals surface area contributed by atoms with Crippen LogP contribution in [0.5, 0.6) is 0 Å². The van der Waals surface area contributed by atoms with Gasteiger partial charge in [0.05, 0.1) is 5.60 Å². The van der Waals surface area contributed by atoms with Gasteiger partial charge >= 0.3 is 0 Å². The first kappa shape index (κ1) is 15.5. The summed E-state index contributed by atoms with van der Waals surface area (Å²) in [4.78, 5) is 7.12. The van der Waals surface area contributed by atoms with Crippen molar-refractivity contribution in [1.82, 2.24) is 14.5 Å². The summed E-state index contributed by atoms with van der Waals surface area (Å²) in [5, 5.41) is 9.87. The number of aliphatic hydroxyl groups is 1. The van der Waals surface area contributed by atoms with Crippen LogP contribution in [0.25, 0.3) is 0 Å². The highest BCUT2D eigenvalue weighted by Gasteiger charge is 2.25. The summed E-state index contributed by atoms with van der Waals surface area (Å²) < 4.78 is 2.23. The molecule has 0 aromatic carbocycles. The van der Waals surface area contributed by atoms with Gasteiger partial charge in [0.15, 0.2) is 0 Å². The maximum Gasteiger partial charge on any atom is 0.111 e. The predicted molar refractivity (Wildman–Crippen MR) is 81.8 cm³/mol. The van der Waals surface area contributed by atoms with Crippen molar-refractivity contribution in [2.24, 2.45) is 0 Å². The van der Waals surface area contributed by atoms with Crippen molar-refractivity contribution in [3.63, 3.8) is 0 Å². The largest absolute Gasteiger partial charge is 0.390 e. The third-order valence-corrected chi connectivity index (χ3v) is 4.34. The van der Waals surface area contributed by atoms with Crippen LogP contribution in [0.4, 0.5) is 0 Å². The zero-order valence-electron chi connectivity index (χ0n) is 13.3. The molecule has 2 rings (SSSR count). The van der Waals surface area contributed by atoms with Gasteiger partial charge < -0.3 is 14.6 Å². The standard InChI is InChI=1S/C16H29N3O/c1-13(2)18-9-5-14(6-10-18)15-17-8-12-19(15)11-7-16(3,4)20/h8,12-14,20H,5-7,9-11H2,1-4H3. The first-order chi connectivity index (χ1) is 9.37. The molecule has 0 bridgehead atoms. The van der Waals surface area contributed by atoms with Gasteiger partial charge in [-0.05, 0) is 60.0 Å². The predicted octanol–water partition coefficient (Wildman–Crippen LogP) is 2.63. The summed E-state index contributed by atoms with van der Waals surface area (Å²) in [5.74, 6) is 1.78. The van der Waals surface area contributed by atoms with Crippen molar-refractivity contribution in [1.29, 1.82) is 0 Å². The van der Waals surface area contributed by atoms with Crippen molar-refractivity contribution in [2.45, 2.75) is 71.1 Å². The van der Waals surface area contributed by atoms with Gasteiger partial charge in [0.25, 0.3) is 0 Å². The molecule has 4 nitrogen and oxygen atoms in total. The van der Waals surface area contributed by atoms with Crippen LogP contribution >= 0.6 is 0 Å². The first-order valence-corrected chi connectivity index (χ1v) is 7.84. The monoisotopic (exact) mass is 279 g/mol. The number of piperidine rings is 1. The van der Waals surface area contributed by atoms with Crippen LogP contribution in [0.3, 0.4) is 0 Å². The fourth-order valence-electron chi connectivity index (χ4n) is 2.94. The molecule has 2 heterocycles. The number of rotatable bonds is 5. The van der Waals surface area contributed by atoms with Gasteiger partial charge in [-0.25, -0.2) is 4.98 Å². The molecule has 114 valence electrons. The SMILES string of the molecule is CC(C)N1CCC(c2nccn2CCC(C)(C)O)CC1. The van der Waals surface area contributed by atoms with Gasteiger partial charge in [-0.3, -0.25) is 0 Å². The lowest BCUT2D eigenvalue weighted by Crippen LogP contribution is -2.38. The maximum absolute atomic E-state index is 9.87. The number of imidazole rings is 1. The molecule has 1 saturated heterocycles.